The molecule has 1 aliphatic heterocycles. The molecule has 0 unspecified atom stereocenters. The van der Waals surface area contributed by atoms with Gasteiger partial charge in [-0.3, -0.25) is 9.69 Å². The first-order valence-electron chi connectivity index (χ1n) is 8.05. The molecule has 1 saturated heterocycles. The molecule has 1 aromatic carbocycles. The lowest BCUT2D eigenvalue weighted by atomic mass is 10.0. The van der Waals surface area contributed by atoms with Gasteiger partial charge in [-0.05, 0) is 29.8 Å². The van der Waals surface area contributed by atoms with E-state index in [1.165, 1.54) is 6.26 Å². The molecule has 0 saturated carbocycles. The fraction of sp³-hybridized carbons (Fsp3) is 0.389. The highest BCUT2D eigenvalue weighted by atomic mass is 16.5. The molecule has 1 aromatic heterocycles. The monoisotopic (exact) mass is 330 g/mol. The Bertz CT molecular complexity index is 651. The van der Waals surface area contributed by atoms with Gasteiger partial charge in [0.15, 0.2) is 5.76 Å². The number of hydrogen-bond donors (Lipinski definition) is 1. The summed E-state index contributed by atoms with van der Waals surface area (Å²) in [5, 5.41) is 2.96. The third kappa shape index (κ3) is 3.96. The van der Waals surface area contributed by atoms with Gasteiger partial charge >= 0.3 is 0 Å². The molecule has 2 aromatic rings. The summed E-state index contributed by atoms with van der Waals surface area (Å²) >= 11 is 0. The zero-order valence-corrected chi connectivity index (χ0v) is 13.7. The van der Waals surface area contributed by atoms with E-state index in [9.17, 15) is 4.79 Å². The van der Waals surface area contributed by atoms with Crippen LogP contribution in [0.5, 0.6) is 5.75 Å². The van der Waals surface area contributed by atoms with Crippen LogP contribution in [-0.2, 0) is 4.74 Å². The standard InChI is InChI=1S/C18H22N2O4/c1-22-15-5-2-4-14(12-15)16(20-7-10-23-11-8-20)13-19-18(21)17-6-3-9-24-17/h2-6,9,12,16H,7-8,10-11,13H2,1H3,(H,19,21)/t16-/m1/s1. The molecule has 6 heteroatoms. The van der Waals surface area contributed by atoms with Gasteiger partial charge in [-0.15, -0.1) is 0 Å². The normalized spacial score (nSPS) is 16.5. The Kier molecular flexibility index (Phi) is 5.51. The molecule has 6 nitrogen and oxygen atoms in total. The smallest absolute Gasteiger partial charge is 0.287 e. The Morgan fingerprint density at radius 1 is 1.29 bits per heavy atom. The molecule has 0 radical (unpaired) electrons. The number of morpholine rings is 1. The Morgan fingerprint density at radius 2 is 2.12 bits per heavy atom. The highest BCUT2D eigenvalue weighted by molar-refractivity contribution is 5.91. The predicted octanol–water partition coefficient (Wildman–Crippen LogP) is 2.09. The van der Waals surface area contributed by atoms with Crippen molar-refractivity contribution < 1.29 is 18.7 Å². The molecule has 1 fully saturated rings. The second-order valence-corrected chi connectivity index (χ2v) is 5.63. The predicted molar refractivity (Wildman–Crippen MR) is 89.2 cm³/mol. The molecule has 1 N–H and O–H groups in total. The zero-order chi connectivity index (χ0) is 16.8. The minimum atomic E-state index is -0.207. The van der Waals surface area contributed by atoms with E-state index in [0.717, 1.165) is 24.4 Å². The molecule has 1 amide bonds. The zero-order valence-electron chi connectivity index (χ0n) is 13.7. The van der Waals surface area contributed by atoms with E-state index in [1.807, 2.05) is 18.2 Å². The fourth-order valence-corrected chi connectivity index (χ4v) is 2.88. The second kappa shape index (κ2) is 7.99. The van der Waals surface area contributed by atoms with Gasteiger partial charge in [-0.2, -0.15) is 0 Å². The van der Waals surface area contributed by atoms with Gasteiger partial charge in [-0.25, -0.2) is 0 Å². The molecule has 1 aliphatic rings. The maximum atomic E-state index is 12.2. The molecule has 1 atom stereocenters. The first-order chi connectivity index (χ1) is 11.8. The first kappa shape index (κ1) is 16.5. The Balaban J connectivity index is 1.75. The van der Waals surface area contributed by atoms with Crippen molar-refractivity contribution in [3.05, 3.63) is 54.0 Å². The van der Waals surface area contributed by atoms with E-state index < -0.39 is 0 Å². The van der Waals surface area contributed by atoms with Crippen LogP contribution in [0.1, 0.15) is 22.2 Å². The first-order valence-corrected chi connectivity index (χ1v) is 8.05. The second-order valence-electron chi connectivity index (χ2n) is 5.63. The Hall–Kier alpha value is -2.31. The summed E-state index contributed by atoms with van der Waals surface area (Å²) in [6, 6.07) is 11.4. The maximum Gasteiger partial charge on any atom is 0.287 e. The van der Waals surface area contributed by atoms with Crippen molar-refractivity contribution >= 4 is 5.91 Å². The summed E-state index contributed by atoms with van der Waals surface area (Å²) in [5.74, 6) is 0.922. The molecule has 24 heavy (non-hydrogen) atoms. The minimum absolute atomic E-state index is 0.0583. The quantitative estimate of drug-likeness (QED) is 0.879. The SMILES string of the molecule is COc1cccc([C@@H](CNC(=O)c2ccco2)N2CCOCC2)c1. The van der Waals surface area contributed by atoms with Crippen molar-refractivity contribution in [3.63, 3.8) is 0 Å². The van der Waals surface area contributed by atoms with E-state index in [1.54, 1.807) is 19.2 Å². The van der Waals surface area contributed by atoms with Crippen LogP contribution in [0.2, 0.25) is 0 Å². The van der Waals surface area contributed by atoms with Crippen LogP contribution in [0.15, 0.2) is 47.1 Å². The number of rotatable bonds is 6. The lowest BCUT2D eigenvalue weighted by Gasteiger charge is -2.35. The van der Waals surface area contributed by atoms with E-state index >= 15 is 0 Å². The highest BCUT2D eigenvalue weighted by Crippen LogP contribution is 2.25. The van der Waals surface area contributed by atoms with E-state index in [0.29, 0.717) is 25.5 Å². The number of benzene rings is 1. The van der Waals surface area contributed by atoms with Crippen LogP contribution in [0.3, 0.4) is 0 Å². The van der Waals surface area contributed by atoms with E-state index in [2.05, 4.69) is 16.3 Å². The number of carbonyl (C=O) groups is 1. The van der Waals surface area contributed by atoms with Crippen molar-refractivity contribution in [3.8, 4) is 5.75 Å². The van der Waals surface area contributed by atoms with Gasteiger partial charge in [0.25, 0.3) is 5.91 Å². The lowest BCUT2D eigenvalue weighted by Crippen LogP contribution is -2.43. The van der Waals surface area contributed by atoms with Crippen LogP contribution in [-0.4, -0.2) is 50.8 Å². The Labute approximate surface area is 141 Å². The Morgan fingerprint density at radius 3 is 2.83 bits per heavy atom. The number of hydrogen-bond acceptors (Lipinski definition) is 5. The minimum Gasteiger partial charge on any atom is -0.497 e. The third-order valence-electron chi connectivity index (χ3n) is 4.17. The third-order valence-corrected chi connectivity index (χ3v) is 4.17. The molecule has 0 spiro atoms. The summed E-state index contributed by atoms with van der Waals surface area (Å²) in [7, 11) is 1.65. The van der Waals surface area contributed by atoms with Gasteiger partial charge in [0.05, 0.1) is 32.6 Å². The number of furan rings is 1. The number of methoxy groups -OCH3 is 1. The maximum absolute atomic E-state index is 12.2. The number of nitrogens with zero attached hydrogens (tertiary/aromatic N) is 1. The van der Waals surface area contributed by atoms with Gasteiger partial charge in [-0.1, -0.05) is 12.1 Å². The summed E-state index contributed by atoms with van der Waals surface area (Å²) in [4.78, 5) is 14.5. The van der Waals surface area contributed by atoms with E-state index in [-0.39, 0.29) is 11.9 Å². The number of ether oxygens (including phenoxy) is 2. The number of amides is 1. The molecule has 128 valence electrons. The summed E-state index contributed by atoms with van der Waals surface area (Å²) in [6.07, 6.45) is 1.50. The number of carbonyl (C=O) groups excluding carboxylic acids is 1. The van der Waals surface area contributed by atoms with Crippen LogP contribution >= 0.6 is 0 Å². The van der Waals surface area contributed by atoms with Crippen molar-refractivity contribution in [1.29, 1.82) is 0 Å². The average Bonchev–Trinajstić information content (AvgIpc) is 3.18. The van der Waals surface area contributed by atoms with Crippen molar-refractivity contribution in [1.82, 2.24) is 10.2 Å². The van der Waals surface area contributed by atoms with Crippen molar-refractivity contribution in [2.24, 2.45) is 0 Å². The molecular formula is C18H22N2O4. The van der Waals surface area contributed by atoms with Crippen LogP contribution in [0.25, 0.3) is 0 Å². The summed E-state index contributed by atoms with van der Waals surface area (Å²) in [5.41, 5.74) is 1.11. The summed E-state index contributed by atoms with van der Waals surface area (Å²) < 4.78 is 15.9. The largest absolute Gasteiger partial charge is 0.497 e. The van der Waals surface area contributed by atoms with Gasteiger partial charge in [0, 0.05) is 19.6 Å². The summed E-state index contributed by atoms with van der Waals surface area (Å²) in [6.45, 7) is 3.56. The number of nitrogens with one attached hydrogen (secondary N) is 1. The van der Waals surface area contributed by atoms with Crippen LogP contribution in [0.4, 0.5) is 0 Å². The molecule has 3 rings (SSSR count). The van der Waals surface area contributed by atoms with E-state index in [4.69, 9.17) is 13.9 Å². The van der Waals surface area contributed by atoms with Crippen molar-refractivity contribution in [2.75, 3.05) is 40.0 Å². The van der Waals surface area contributed by atoms with Gasteiger partial charge in [0.1, 0.15) is 5.75 Å². The molecule has 0 bridgehead atoms. The van der Waals surface area contributed by atoms with Crippen molar-refractivity contribution in [2.45, 2.75) is 6.04 Å². The van der Waals surface area contributed by atoms with Crippen LogP contribution in [0, 0.1) is 0 Å². The van der Waals surface area contributed by atoms with Gasteiger partial charge < -0.3 is 19.2 Å². The molecule has 0 aliphatic carbocycles. The van der Waals surface area contributed by atoms with Crippen LogP contribution < -0.4 is 10.1 Å². The average molecular weight is 330 g/mol. The fourth-order valence-electron chi connectivity index (χ4n) is 2.88. The highest BCUT2D eigenvalue weighted by Gasteiger charge is 2.24. The topological polar surface area (TPSA) is 63.9 Å². The van der Waals surface area contributed by atoms with Gasteiger partial charge in [0.2, 0.25) is 0 Å². The lowest BCUT2D eigenvalue weighted by molar-refractivity contribution is 0.0161. The molecule has 2 heterocycles. The molecular weight excluding hydrogens is 308 g/mol.